The molecule has 0 unspecified atom stereocenters. The van der Waals surface area contributed by atoms with Crippen LogP contribution in [0.25, 0.3) is 25.9 Å². The van der Waals surface area contributed by atoms with Crippen LogP contribution in [0, 0.1) is 31.8 Å². The maximum atomic E-state index is 6.48. The third kappa shape index (κ3) is 43.2. The molecular formula is C35H55MoN7+2. The molecule has 2 N–H and O–H groups in total. The Balaban J connectivity index is -0.000000230. The van der Waals surface area contributed by atoms with Gasteiger partial charge in [-0.05, 0) is 65.8 Å². The predicted octanol–water partition coefficient (Wildman–Crippen LogP) is 8.93. The summed E-state index contributed by atoms with van der Waals surface area (Å²) in [4.78, 5) is 18.2. The minimum Gasteiger partial charge on any atom is -0.339 e. The molecule has 2 rings (SSSR count). The van der Waals surface area contributed by atoms with E-state index in [0.29, 0.717) is 0 Å². The van der Waals surface area contributed by atoms with Crippen molar-refractivity contribution in [2.75, 3.05) is 0 Å². The van der Waals surface area contributed by atoms with Crippen LogP contribution in [-0.4, -0.2) is 37.7 Å². The summed E-state index contributed by atoms with van der Waals surface area (Å²) in [5, 5.41) is 6.14. The first-order chi connectivity index (χ1) is 18.9. The minimum absolute atomic E-state index is 0. The van der Waals surface area contributed by atoms with Gasteiger partial charge < -0.3 is 25.2 Å². The van der Waals surface area contributed by atoms with Gasteiger partial charge in [-0.1, -0.05) is 12.1 Å². The van der Waals surface area contributed by atoms with Crippen LogP contribution < -0.4 is 10.6 Å². The second kappa shape index (κ2) is 22.2. The third-order valence-corrected chi connectivity index (χ3v) is 3.54. The Hall–Kier alpha value is -3.38. The first-order valence-electron chi connectivity index (χ1n) is 13.9. The van der Waals surface area contributed by atoms with Gasteiger partial charge in [0.2, 0.25) is 16.6 Å². The van der Waals surface area contributed by atoms with Crippen molar-refractivity contribution >= 4 is 0 Å². The molecular weight excluding hydrogens is 614 g/mol. The van der Waals surface area contributed by atoms with Crippen molar-refractivity contribution in [3.8, 4) is 23.5 Å². The van der Waals surface area contributed by atoms with Crippen LogP contribution in [-0.2, 0) is 21.1 Å². The van der Waals surface area contributed by atoms with Gasteiger partial charge in [-0.25, -0.2) is 19.7 Å². The Labute approximate surface area is 278 Å². The summed E-state index contributed by atoms with van der Waals surface area (Å²) in [6.45, 7) is 48.9. The smallest absolute Gasteiger partial charge is 0.339 e. The van der Waals surface area contributed by atoms with E-state index in [1.807, 2.05) is 98.7 Å². The average Bonchev–Trinajstić information content (AvgIpc) is 2.87. The number of aromatic nitrogens is 2. The molecule has 0 aliphatic heterocycles. The fourth-order valence-corrected chi connectivity index (χ4v) is 1.47. The van der Waals surface area contributed by atoms with E-state index in [1.54, 1.807) is 12.4 Å². The Morgan fingerprint density at radius 2 is 0.744 bits per heavy atom. The van der Waals surface area contributed by atoms with Crippen molar-refractivity contribution in [2.45, 2.75) is 132 Å². The number of hydrogen-bond donors (Lipinski definition) is 2. The van der Waals surface area contributed by atoms with Crippen molar-refractivity contribution in [3.63, 3.8) is 0 Å². The van der Waals surface area contributed by atoms with E-state index >= 15 is 0 Å². The van der Waals surface area contributed by atoms with Gasteiger partial charge in [0.05, 0.1) is 11.4 Å². The molecule has 0 atom stereocenters. The first kappa shape index (κ1) is 46.6. The zero-order chi connectivity index (χ0) is 33.7. The fraction of sp³-hybridized carbons (Fsp3) is 0.571. The van der Waals surface area contributed by atoms with Crippen molar-refractivity contribution in [3.05, 3.63) is 83.0 Å². The van der Waals surface area contributed by atoms with Crippen molar-refractivity contribution < 1.29 is 21.1 Å². The molecule has 0 spiro atoms. The van der Waals surface area contributed by atoms with E-state index in [4.69, 9.17) is 19.7 Å². The van der Waals surface area contributed by atoms with E-state index < -0.39 is 0 Å². The molecule has 43 heavy (non-hydrogen) atoms. The summed E-state index contributed by atoms with van der Waals surface area (Å²) in [6.07, 6.45) is 3.54. The summed E-state index contributed by atoms with van der Waals surface area (Å²) in [6, 6.07) is 17.3. The maximum Gasteiger partial charge on any atom is 2.00 e. The van der Waals surface area contributed by atoms with Crippen LogP contribution in [0.15, 0.2) is 48.8 Å². The van der Waals surface area contributed by atoms with Gasteiger partial charge in [0.25, 0.3) is 0 Å². The van der Waals surface area contributed by atoms with Gasteiger partial charge >= 0.3 is 21.1 Å². The molecule has 0 saturated heterocycles. The van der Waals surface area contributed by atoms with Crippen LogP contribution in [0.3, 0.4) is 0 Å². The molecule has 0 aromatic carbocycles. The molecule has 0 aliphatic carbocycles. The number of nitrogens with zero attached hydrogens (tertiary/aromatic N) is 5. The average molecular weight is 670 g/mol. The van der Waals surface area contributed by atoms with Crippen LogP contribution in [0.4, 0.5) is 0 Å². The van der Waals surface area contributed by atoms with E-state index in [9.17, 15) is 0 Å². The molecule has 0 radical (unpaired) electrons. The maximum absolute atomic E-state index is 6.48. The molecule has 0 saturated carbocycles. The van der Waals surface area contributed by atoms with Crippen LogP contribution in [0.2, 0.25) is 0 Å². The number of nitrogens with one attached hydrogen (secondary N) is 2. The van der Waals surface area contributed by atoms with Gasteiger partial charge in [-0.15, -0.1) is 0 Å². The van der Waals surface area contributed by atoms with E-state index in [2.05, 4.69) is 88.8 Å². The minimum atomic E-state index is -0.167. The Morgan fingerprint density at radius 3 is 0.884 bits per heavy atom. The van der Waals surface area contributed by atoms with E-state index in [-0.39, 0.29) is 48.8 Å². The summed E-state index contributed by atoms with van der Waals surface area (Å²) < 4.78 is 0. The van der Waals surface area contributed by atoms with Gasteiger partial charge in [0, 0.05) is 97.9 Å². The monoisotopic (exact) mass is 671 g/mol. The number of pyridine rings is 2. The molecule has 0 amide bonds. The summed E-state index contributed by atoms with van der Waals surface area (Å²) in [5.74, 6) is 0. The zero-order valence-electron chi connectivity index (χ0n) is 29.3. The normalized spacial score (nSPS) is 10.2. The molecule has 0 bridgehead atoms. The quantitative estimate of drug-likeness (QED) is 0.138. The summed E-state index contributed by atoms with van der Waals surface area (Å²) >= 11 is 0. The predicted molar refractivity (Wildman–Crippen MR) is 180 cm³/mol. The Morgan fingerprint density at radius 1 is 0.512 bits per heavy atom. The standard InChI is InChI=1S/C10H8N2.C10H20N2.3C5H9N.Mo/c1-3-7-11-9(5-1)10-6-2-4-8-12-10;1-9(2,3)11-7-8-12-10(4,5)6;3*1-5(2,3)6-4;/h1-8H;11-12H,1-6H3;3*1-3H3;/q;;;;;+2. The van der Waals surface area contributed by atoms with Crippen molar-refractivity contribution in [1.82, 2.24) is 20.6 Å². The second-order valence-corrected chi connectivity index (χ2v) is 14.3. The van der Waals surface area contributed by atoms with Crippen molar-refractivity contribution in [1.29, 1.82) is 0 Å². The van der Waals surface area contributed by atoms with Gasteiger partial charge in [0.15, 0.2) is 0 Å². The van der Waals surface area contributed by atoms with Crippen LogP contribution in [0.5, 0.6) is 0 Å². The van der Waals surface area contributed by atoms with Crippen molar-refractivity contribution in [2.24, 2.45) is 0 Å². The Bertz CT molecular complexity index is 1040. The topological polar surface area (TPSA) is 62.9 Å². The molecule has 0 aliphatic rings. The van der Waals surface area contributed by atoms with Gasteiger partial charge in [-0.3, -0.25) is 9.97 Å². The second-order valence-electron chi connectivity index (χ2n) is 14.3. The van der Waals surface area contributed by atoms with E-state index in [0.717, 1.165) is 11.4 Å². The zero-order valence-corrected chi connectivity index (χ0v) is 31.3. The van der Waals surface area contributed by atoms with E-state index in [1.165, 1.54) is 0 Å². The van der Waals surface area contributed by atoms with Gasteiger partial charge in [0.1, 0.15) is 0 Å². The molecule has 234 valence electrons. The summed E-state index contributed by atoms with van der Waals surface area (Å²) in [7, 11) is 0. The third-order valence-electron chi connectivity index (χ3n) is 3.54. The SMILES string of the molecule is CC(C)(C)NC#CNC(C)(C)C.[C-]#[N+]C(C)(C)C.[C-]#[N+]C(C)(C)C.[C-]#[N+]C(C)(C)C.[Mo+2].c1ccc(-c2ccccn2)nc1. The number of rotatable bonds is 1. The molecule has 2 heterocycles. The van der Waals surface area contributed by atoms with Gasteiger partial charge in [-0.2, -0.15) is 0 Å². The molecule has 0 fully saturated rings. The molecule has 2 aromatic rings. The summed E-state index contributed by atoms with van der Waals surface area (Å²) in [5.41, 5.74) is 1.45. The first-order valence-corrected chi connectivity index (χ1v) is 13.9. The van der Waals surface area contributed by atoms with Crippen LogP contribution >= 0.6 is 0 Å². The molecule has 8 heteroatoms. The fourth-order valence-electron chi connectivity index (χ4n) is 1.47. The Kier molecular flexibility index (Phi) is 24.0. The van der Waals surface area contributed by atoms with Crippen LogP contribution in [0.1, 0.15) is 104 Å². The number of hydrogen-bond acceptors (Lipinski definition) is 4. The largest absolute Gasteiger partial charge is 2.00 e. The molecule has 2 aromatic heterocycles. The molecule has 7 nitrogen and oxygen atoms in total.